The summed E-state index contributed by atoms with van der Waals surface area (Å²) < 4.78 is 6.26. The lowest BCUT2D eigenvalue weighted by atomic mass is 9.89. The minimum absolute atomic E-state index is 0.224. The Bertz CT molecular complexity index is 621. The highest BCUT2D eigenvalue weighted by Crippen LogP contribution is 2.37. The van der Waals surface area contributed by atoms with Crippen LogP contribution in [0.2, 0.25) is 5.02 Å². The maximum atomic E-state index is 10.7. The van der Waals surface area contributed by atoms with Crippen molar-refractivity contribution in [2.75, 3.05) is 13.7 Å². The first-order valence-corrected chi connectivity index (χ1v) is 7.71. The van der Waals surface area contributed by atoms with E-state index in [9.17, 15) is 5.11 Å². The van der Waals surface area contributed by atoms with Gasteiger partial charge >= 0.3 is 0 Å². The van der Waals surface area contributed by atoms with Crippen molar-refractivity contribution < 1.29 is 9.84 Å². The molecular weight excluding hydrogens is 354 g/mol. The van der Waals surface area contributed by atoms with Crippen LogP contribution in [0, 0.1) is 0 Å². The molecule has 0 amide bonds. The van der Waals surface area contributed by atoms with Gasteiger partial charge < -0.3 is 15.6 Å². The molecule has 2 aromatic carbocycles. The van der Waals surface area contributed by atoms with Gasteiger partial charge in [0.1, 0.15) is 5.75 Å². The molecule has 2 atom stereocenters. The van der Waals surface area contributed by atoms with E-state index in [1.807, 2.05) is 24.3 Å². The fourth-order valence-corrected chi connectivity index (χ4v) is 2.91. The Morgan fingerprint density at radius 3 is 2.67 bits per heavy atom. The van der Waals surface area contributed by atoms with Crippen LogP contribution < -0.4 is 10.5 Å². The molecule has 0 aromatic heterocycles. The van der Waals surface area contributed by atoms with Crippen LogP contribution in [-0.2, 0) is 0 Å². The van der Waals surface area contributed by atoms with Crippen molar-refractivity contribution in [2.24, 2.45) is 5.73 Å². The third-order valence-electron chi connectivity index (χ3n) is 3.43. The summed E-state index contributed by atoms with van der Waals surface area (Å²) in [6.07, 6.45) is -0.767. The van der Waals surface area contributed by atoms with Crippen LogP contribution in [-0.4, -0.2) is 18.8 Å². The molecule has 0 aliphatic heterocycles. The van der Waals surface area contributed by atoms with Crippen molar-refractivity contribution >= 4 is 27.5 Å². The first-order valence-electron chi connectivity index (χ1n) is 6.54. The van der Waals surface area contributed by atoms with Gasteiger partial charge in [0.15, 0.2) is 0 Å². The van der Waals surface area contributed by atoms with Gasteiger partial charge in [0.25, 0.3) is 0 Å². The van der Waals surface area contributed by atoms with Crippen molar-refractivity contribution in [3.63, 3.8) is 0 Å². The van der Waals surface area contributed by atoms with Crippen LogP contribution >= 0.6 is 27.5 Å². The Morgan fingerprint density at radius 1 is 1.29 bits per heavy atom. The fourth-order valence-electron chi connectivity index (χ4n) is 2.33. The highest BCUT2D eigenvalue weighted by atomic mass is 79.9. The minimum Gasteiger partial charge on any atom is -0.496 e. The molecule has 0 fully saturated rings. The Labute approximate surface area is 137 Å². The number of nitrogens with two attached hydrogens (primary N) is 1. The number of hydrogen-bond acceptors (Lipinski definition) is 3. The van der Waals surface area contributed by atoms with E-state index in [4.69, 9.17) is 22.1 Å². The average Bonchev–Trinajstić information content (AvgIpc) is 2.47. The summed E-state index contributed by atoms with van der Waals surface area (Å²) >= 11 is 9.40. The molecule has 0 spiro atoms. The summed E-state index contributed by atoms with van der Waals surface area (Å²) in [5.74, 6) is 0.334. The van der Waals surface area contributed by atoms with Gasteiger partial charge in [0, 0.05) is 27.5 Å². The Kier molecular flexibility index (Phi) is 5.65. The molecule has 3 N–H and O–H groups in total. The lowest BCUT2D eigenvalue weighted by molar-refractivity contribution is 0.144. The van der Waals surface area contributed by atoms with E-state index in [0.717, 1.165) is 10.0 Å². The van der Waals surface area contributed by atoms with E-state index in [-0.39, 0.29) is 5.92 Å². The zero-order chi connectivity index (χ0) is 15.4. The lowest BCUT2D eigenvalue weighted by Gasteiger charge is -2.24. The number of halogens is 2. The fraction of sp³-hybridized carbons (Fsp3) is 0.250. The standard InChI is InChI=1S/C16H17BrClNO2/c1-21-15-8-12(18)5-6-13(15)16(20)14(9-19)10-3-2-4-11(17)7-10/h2-8,14,16,20H,9,19H2,1H3. The lowest BCUT2D eigenvalue weighted by Crippen LogP contribution is -2.20. The second kappa shape index (κ2) is 7.27. The van der Waals surface area contributed by atoms with Gasteiger partial charge in [0.2, 0.25) is 0 Å². The smallest absolute Gasteiger partial charge is 0.126 e. The predicted octanol–water partition coefficient (Wildman–Crippen LogP) is 3.89. The zero-order valence-corrected chi connectivity index (χ0v) is 13.9. The summed E-state index contributed by atoms with van der Waals surface area (Å²) in [4.78, 5) is 0. The third-order valence-corrected chi connectivity index (χ3v) is 4.15. The number of hydrogen-bond donors (Lipinski definition) is 2. The summed E-state index contributed by atoms with van der Waals surface area (Å²) in [5.41, 5.74) is 7.52. The topological polar surface area (TPSA) is 55.5 Å². The average molecular weight is 371 g/mol. The Morgan fingerprint density at radius 2 is 2.05 bits per heavy atom. The number of aliphatic hydroxyl groups is 1. The molecule has 3 nitrogen and oxygen atoms in total. The molecule has 0 heterocycles. The van der Waals surface area contributed by atoms with Gasteiger partial charge in [0.05, 0.1) is 13.2 Å². The molecule has 0 aliphatic rings. The van der Waals surface area contributed by atoms with Crippen LogP contribution in [0.3, 0.4) is 0 Å². The van der Waals surface area contributed by atoms with Crippen LogP contribution in [0.25, 0.3) is 0 Å². The van der Waals surface area contributed by atoms with Crippen LogP contribution in [0.15, 0.2) is 46.9 Å². The molecule has 21 heavy (non-hydrogen) atoms. The Hall–Kier alpha value is -1.07. The minimum atomic E-state index is -0.767. The van der Waals surface area contributed by atoms with Gasteiger partial charge in [-0.15, -0.1) is 0 Å². The molecule has 5 heteroatoms. The van der Waals surface area contributed by atoms with Crippen molar-refractivity contribution in [2.45, 2.75) is 12.0 Å². The van der Waals surface area contributed by atoms with E-state index in [2.05, 4.69) is 15.9 Å². The molecule has 0 bridgehead atoms. The van der Waals surface area contributed by atoms with Gasteiger partial charge in [-0.05, 0) is 29.8 Å². The van der Waals surface area contributed by atoms with Crippen LogP contribution in [0.5, 0.6) is 5.75 Å². The largest absolute Gasteiger partial charge is 0.496 e. The van der Waals surface area contributed by atoms with E-state index >= 15 is 0 Å². The predicted molar refractivity (Wildman–Crippen MR) is 88.9 cm³/mol. The third kappa shape index (κ3) is 3.77. The van der Waals surface area contributed by atoms with E-state index in [0.29, 0.717) is 22.9 Å². The zero-order valence-electron chi connectivity index (χ0n) is 11.6. The summed E-state index contributed by atoms with van der Waals surface area (Å²) in [7, 11) is 1.55. The van der Waals surface area contributed by atoms with Gasteiger partial charge in [-0.2, -0.15) is 0 Å². The second-order valence-corrected chi connectivity index (χ2v) is 6.08. The molecule has 0 radical (unpaired) electrons. The number of aliphatic hydroxyl groups excluding tert-OH is 1. The van der Waals surface area contributed by atoms with E-state index in [1.165, 1.54) is 0 Å². The maximum Gasteiger partial charge on any atom is 0.126 e. The summed E-state index contributed by atoms with van der Waals surface area (Å²) in [5, 5.41) is 11.3. The highest BCUT2D eigenvalue weighted by Gasteiger charge is 2.24. The summed E-state index contributed by atoms with van der Waals surface area (Å²) in [6.45, 7) is 0.323. The highest BCUT2D eigenvalue weighted by molar-refractivity contribution is 9.10. The first-order chi connectivity index (χ1) is 10.1. The SMILES string of the molecule is COc1cc(Cl)ccc1C(O)C(CN)c1cccc(Br)c1. The number of benzene rings is 2. The molecule has 0 saturated carbocycles. The van der Waals surface area contributed by atoms with Crippen molar-refractivity contribution in [3.05, 3.63) is 63.1 Å². The van der Waals surface area contributed by atoms with Gasteiger partial charge in [-0.3, -0.25) is 0 Å². The normalized spacial score (nSPS) is 13.8. The monoisotopic (exact) mass is 369 g/mol. The van der Waals surface area contributed by atoms with Crippen LogP contribution in [0.1, 0.15) is 23.1 Å². The van der Waals surface area contributed by atoms with E-state index < -0.39 is 6.10 Å². The van der Waals surface area contributed by atoms with Crippen LogP contribution in [0.4, 0.5) is 0 Å². The quantitative estimate of drug-likeness (QED) is 0.839. The molecule has 2 rings (SSSR count). The molecule has 0 saturated heterocycles. The molecule has 112 valence electrons. The second-order valence-electron chi connectivity index (χ2n) is 4.73. The van der Waals surface area contributed by atoms with Crippen molar-refractivity contribution in [3.8, 4) is 5.75 Å². The van der Waals surface area contributed by atoms with E-state index in [1.54, 1.807) is 25.3 Å². The van der Waals surface area contributed by atoms with Crippen molar-refractivity contribution in [1.82, 2.24) is 0 Å². The molecule has 0 aliphatic carbocycles. The molecule has 2 aromatic rings. The molecular formula is C16H17BrClNO2. The number of ether oxygens (including phenoxy) is 1. The van der Waals surface area contributed by atoms with Gasteiger partial charge in [-0.1, -0.05) is 45.7 Å². The Balaban J connectivity index is 2.38. The molecule has 2 unspecified atom stereocenters. The summed E-state index contributed by atoms with van der Waals surface area (Å²) in [6, 6.07) is 13.0. The van der Waals surface area contributed by atoms with Gasteiger partial charge in [-0.25, -0.2) is 0 Å². The first kappa shape index (κ1) is 16.3. The number of methoxy groups -OCH3 is 1. The number of rotatable bonds is 5. The van der Waals surface area contributed by atoms with Crippen molar-refractivity contribution in [1.29, 1.82) is 0 Å². The maximum absolute atomic E-state index is 10.7.